The number of amides is 3. The van der Waals surface area contributed by atoms with Gasteiger partial charge in [-0.3, -0.25) is 19.7 Å². The molecule has 3 amide bonds. The molecule has 186 valence electrons. The minimum atomic E-state index is -0.599. The third kappa shape index (κ3) is 3.39. The van der Waals surface area contributed by atoms with E-state index in [9.17, 15) is 14.4 Å². The number of carbonyl (C=O) groups excluding carboxylic acids is 3. The summed E-state index contributed by atoms with van der Waals surface area (Å²) in [4.78, 5) is 41.4. The first kappa shape index (κ1) is 22.0. The fourth-order valence-electron chi connectivity index (χ4n) is 7.21. The molecular weight excluding hydrogens is 454 g/mol. The van der Waals surface area contributed by atoms with Crippen molar-refractivity contribution in [1.29, 1.82) is 0 Å². The molecule has 1 aliphatic carbocycles. The van der Waals surface area contributed by atoms with E-state index in [0.29, 0.717) is 31.1 Å². The van der Waals surface area contributed by atoms with E-state index in [1.807, 2.05) is 6.07 Å². The van der Waals surface area contributed by atoms with Gasteiger partial charge in [-0.05, 0) is 68.3 Å². The van der Waals surface area contributed by atoms with E-state index in [0.717, 1.165) is 43.8 Å². The molecule has 2 aromatic carbocycles. The SMILES string of the molecule is O=C1CCC(N2Cc3c(ccc4c3OCC43CCN(CC4Cc5ccccc5C4)CC3)C2=O)C(=O)N1. The highest BCUT2D eigenvalue weighted by atomic mass is 16.5. The molecule has 4 aliphatic heterocycles. The monoisotopic (exact) mass is 485 g/mol. The number of fused-ring (bicyclic) bond motifs is 5. The molecular formula is C29H31N3O4. The Morgan fingerprint density at radius 2 is 1.75 bits per heavy atom. The standard InChI is InChI=1S/C29H31N3O4/c33-25-8-7-24(27(34)30-25)32-16-22-21(28(32)35)5-6-23-26(22)36-17-29(23)9-11-31(12-10-29)15-18-13-19-3-1-2-4-20(19)14-18/h1-6,18,24H,7-17H2,(H,30,33,34). The van der Waals surface area contributed by atoms with E-state index in [4.69, 9.17) is 4.74 Å². The highest BCUT2D eigenvalue weighted by Gasteiger charge is 2.47. The summed E-state index contributed by atoms with van der Waals surface area (Å²) in [5.74, 6) is 0.778. The maximum atomic E-state index is 13.2. The number of nitrogens with one attached hydrogen (secondary N) is 1. The van der Waals surface area contributed by atoms with Gasteiger partial charge in [0.25, 0.3) is 5.91 Å². The zero-order valence-corrected chi connectivity index (χ0v) is 20.4. The van der Waals surface area contributed by atoms with Gasteiger partial charge in [0, 0.05) is 35.1 Å². The molecule has 1 atom stereocenters. The smallest absolute Gasteiger partial charge is 0.255 e. The molecule has 1 unspecified atom stereocenters. The zero-order valence-electron chi connectivity index (χ0n) is 20.4. The molecule has 1 spiro atoms. The lowest BCUT2D eigenvalue weighted by atomic mass is 9.73. The van der Waals surface area contributed by atoms with E-state index >= 15 is 0 Å². The third-order valence-corrected chi connectivity index (χ3v) is 9.20. The van der Waals surface area contributed by atoms with Gasteiger partial charge < -0.3 is 14.5 Å². The van der Waals surface area contributed by atoms with E-state index < -0.39 is 6.04 Å². The lowest BCUT2D eigenvalue weighted by molar-refractivity contribution is -0.136. The van der Waals surface area contributed by atoms with Gasteiger partial charge in [0.2, 0.25) is 11.8 Å². The highest BCUT2D eigenvalue weighted by molar-refractivity contribution is 6.05. The number of hydrogen-bond acceptors (Lipinski definition) is 5. The van der Waals surface area contributed by atoms with Gasteiger partial charge in [0.1, 0.15) is 11.8 Å². The van der Waals surface area contributed by atoms with Crippen LogP contribution in [0.3, 0.4) is 0 Å². The number of imide groups is 1. The van der Waals surface area contributed by atoms with Crippen LogP contribution in [0.15, 0.2) is 36.4 Å². The molecule has 2 saturated heterocycles. The first-order chi connectivity index (χ1) is 17.5. The zero-order chi connectivity index (χ0) is 24.4. The highest BCUT2D eigenvalue weighted by Crippen LogP contribution is 2.49. The van der Waals surface area contributed by atoms with Crippen LogP contribution >= 0.6 is 0 Å². The maximum absolute atomic E-state index is 13.2. The summed E-state index contributed by atoms with van der Waals surface area (Å²) < 4.78 is 6.32. The molecule has 4 heterocycles. The van der Waals surface area contributed by atoms with E-state index in [2.05, 4.69) is 40.5 Å². The predicted octanol–water partition coefficient (Wildman–Crippen LogP) is 2.59. The Morgan fingerprint density at radius 3 is 2.47 bits per heavy atom. The average Bonchev–Trinajstić information content (AvgIpc) is 3.55. The van der Waals surface area contributed by atoms with Gasteiger partial charge in [0.05, 0.1) is 13.2 Å². The summed E-state index contributed by atoms with van der Waals surface area (Å²) in [6.07, 6.45) is 5.13. The lowest BCUT2D eigenvalue weighted by Crippen LogP contribution is -2.52. The van der Waals surface area contributed by atoms with Crippen LogP contribution in [0, 0.1) is 5.92 Å². The summed E-state index contributed by atoms with van der Waals surface area (Å²) in [6.45, 7) is 4.31. The van der Waals surface area contributed by atoms with Crippen molar-refractivity contribution in [2.45, 2.75) is 56.5 Å². The second kappa shape index (κ2) is 8.17. The summed E-state index contributed by atoms with van der Waals surface area (Å²) in [6, 6.07) is 12.3. The maximum Gasteiger partial charge on any atom is 0.255 e. The fourth-order valence-corrected chi connectivity index (χ4v) is 7.21. The Labute approximate surface area is 210 Å². The number of benzene rings is 2. The van der Waals surface area contributed by atoms with Crippen LogP contribution in [0.5, 0.6) is 5.75 Å². The van der Waals surface area contributed by atoms with Crippen LogP contribution in [0.4, 0.5) is 0 Å². The molecule has 0 radical (unpaired) electrons. The van der Waals surface area contributed by atoms with Crippen molar-refractivity contribution in [1.82, 2.24) is 15.1 Å². The number of piperidine rings is 2. The summed E-state index contributed by atoms with van der Waals surface area (Å²) >= 11 is 0. The van der Waals surface area contributed by atoms with Crippen molar-refractivity contribution in [3.8, 4) is 5.75 Å². The largest absolute Gasteiger partial charge is 0.492 e. The topological polar surface area (TPSA) is 79.0 Å². The first-order valence-corrected chi connectivity index (χ1v) is 13.2. The van der Waals surface area contributed by atoms with Crippen LogP contribution < -0.4 is 10.1 Å². The Kier molecular flexibility index (Phi) is 5.00. The summed E-state index contributed by atoms with van der Waals surface area (Å²) in [5.41, 5.74) is 5.81. The molecule has 1 N–H and O–H groups in total. The number of hydrogen-bond donors (Lipinski definition) is 1. The summed E-state index contributed by atoms with van der Waals surface area (Å²) in [5, 5.41) is 2.38. The second-order valence-electron chi connectivity index (χ2n) is 11.3. The minimum Gasteiger partial charge on any atom is -0.492 e. The molecule has 7 nitrogen and oxygen atoms in total. The number of likely N-dealkylation sites (tertiary alicyclic amines) is 1. The molecule has 5 aliphatic rings. The first-order valence-electron chi connectivity index (χ1n) is 13.2. The Hall–Kier alpha value is -3.19. The predicted molar refractivity (Wildman–Crippen MR) is 133 cm³/mol. The lowest BCUT2D eigenvalue weighted by Gasteiger charge is -2.39. The summed E-state index contributed by atoms with van der Waals surface area (Å²) in [7, 11) is 0. The number of carbonyl (C=O) groups is 3. The van der Waals surface area contributed by atoms with Crippen LogP contribution in [-0.4, -0.2) is 59.8 Å². The van der Waals surface area contributed by atoms with Crippen LogP contribution in [-0.2, 0) is 34.4 Å². The number of rotatable bonds is 3. The van der Waals surface area contributed by atoms with Gasteiger partial charge in [0.15, 0.2) is 0 Å². The van der Waals surface area contributed by atoms with Crippen molar-refractivity contribution in [2.24, 2.45) is 5.92 Å². The number of ether oxygens (including phenoxy) is 1. The Balaban J connectivity index is 1.05. The molecule has 0 saturated carbocycles. The molecule has 7 rings (SSSR count). The Morgan fingerprint density at radius 1 is 1.00 bits per heavy atom. The molecule has 2 aromatic rings. The van der Waals surface area contributed by atoms with E-state index in [1.165, 1.54) is 29.5 Å². The van der Waals surface area contributed by atoms with E-state index in [-0.39, 0.29) is 29.6 Å². The molecule has 7 heteroatoms. The van der Waals surface area contributed by atoms with Gasteiger partial charge in [-0.15, -0.1) is 0 Å². The average molecular weight is 486 g/mol. The van der Waals surface area contributed by atoms with Crippen LogP contribution in [0.25, 0.3) is 0 Å². The number of nitrogens with zero attached hydrogens (tertiary/aromatic N) is 2. The molecule has 2 fully saturated rings. The minimum absolute atomic E-state index is 0.00457. The van der Waals surface area contributed by atoms with Crippen molar-refractivity contribution in [3.63, 3.8) is 0 Å². The van der Waals surface area contributed by atoms with Gasteiger partial charge >= 0.3 is 0 Å². The molecule has 0 aromatic heterocycles. The van der Waals surface area contributed by atoms with Crippen molar-refractivity contribution < 1.29 is 19.1 Å². The van der Waals surface area contributed by atoms with E-state index in [1.54, 1.807) is 4.90 Å². The van der Waals surface area contributed by atoms with Crippen LogP contribution in [0.2, 0.25) is 0 Å². The van der Waals surface area contributed by atoms with Crippen LogP contribution in [0.1, 0.15) is 58.3 Å². The Bertz CT molecular complexity index is 1250. The second-order valence-corrected chi connectivity index (χ2v) is 11.3. The van der Waals surface area contributed by atoms with Crippen molar-refractivity contribution in [2.75, 3.05) is 26.2 Å². The normalized spacial score (nSPS) is 25.1. The van der Waals surface area contributed by atoms with Gasteiger partial charge in [-0.2, -0.15) is 0 Å². The third-order valence-electron chi connectivity index (χ3n) is 9.20. The fraction of sp³-hybridized carbons (Fsp3) is 0.483. The van der Waals surface area contributed by atoms with Crippen molar-refractivity contribution in [3.05, 3.63) is 64.2 Å². The van der Waals surface area contributed by atoms with Gasteiger partial charge in [-0.1, -0.05) is 30.3 Å². The quantitative estimate of drug-likeness (QED) is 0.677. The molecule has 0 bridgehead atoms. The van der Waals surface area contributed by atoms with Crippen molar-refractivity contribution >= 4 is 17.7 Å². The molecule has 36 heavy (non-hydrogen) atoms. The van der Waals surface area contributed by atoms with Gasteiger partial charge in [-0.25, -0.2) is 0 Å².